The van der Waals surface area contributed by atoms with Crippen LogP contribution in [0.15, 0.2) is 53.4 Å². The van der Waals surface area contributed by atoms with E-state index in [0.717, 1.165) is 30.9 Å². The van der Waals surface area contributed by atoms with E-state index in [1.165, 1.54) is 24.3 Å². The van der Waals surface area contributed by atoms with Crippen molar-refractivity contribution in [2.24, 2.45) is 5.92 Å². The molecule has 6 nitrogen and oxygen atoms in total. The highest BCUT2D eigenvalue weighted by Gasteiger charge is 2.26. The van der Waals surface area contributed by atoms with Crippen molar-refractivity contribution < 1.29 is 13.2 Å². The van der Waals surface area contributed by atoms with Crippen LogP contribution < -0.4 is 14.4 Å². The Bertz CT molecular complexity index is 904. The Labute approximate surface area is 154 Å². The average Bonchev–Trinajstić information content (AvgIpc) is 3.15. The normalized spacial score (nSPS) is 17.1. The van der Waals surface area contributed by atoms with Crippen LogP contribution >= 0.6 is 0 Å². The first-order chi connectivity index (χ1) is 12.5. The predicted octanol–water partition coefficient (Wildman–Crippen LogP) is 2.37. The molecule has 2 aromatic carbocycles. The van der Waals surface area contributed by atoms with Crippen LogP contribution in [-0.4, -0.2) is 35.2 Å². The smallest absolute Gasteiger partial charge is 0.240 e. The van der Waals surface area contributed by atoms with Gasteiger partial charge in [-0.2, -0.15) is 5.26 Å². The first kappa shape index (κ1) is 18.2. The first-order valence-electron chi connectivity index (χ1n) is 8.41. The van der Waals surface area contributed by atoms with Crippen molar-refractivity contribution in [2.45, 2.75) is 11.3 Å². The summed E-state index contributed by atoms with van der Waals surface area (Å²) in [4.78, 5) is 2.40. The summed E-state index contributed by atoms with van der Waals surface area (Å²) < 4.78 is 32.9. The summed E-state index contributed by atoms with van der Waals surface area (Å²) in [6.07, 6.45) is 0.911. The average molecular weight is 371 g/mol. The molecule has 1 atom stereocenters. The second kappa shape index (κ2) is 7.77. The number of benzene rings is 2. The Morgan fingerprint density at radius 2 is 1.96 bits per heavy atom. The number of sulfonamides is 1. The third kappa shape index (κ3) is 3.98. The number of hydrogen-bond acceptors (Lipinski definition) is 5. The lowest BCUT2D eigenvalue weighted by Crippen LogP contribution is -2.31. The van der Waals surface area contributed by atoms with Crippen molar-refractivity contribution in [2.75, 3.05) is 31.6 Å². The van der Waals surface area contributed by atoms with Gasteiger partial charge in [0.15, 0.2) is 0 Å². The monoisotopic (exact) mass is 371 g/mol. The van der Waals surface area contributed by atoms with Crippen molar-refractivity contribution in [3.05, 3.63) is 54.1 Å². The topological polar surface area (TPSA) is 82.4 Å². The summed E-state index contributed by atoms with van der Waals surface area (Å²) in [6.45, 7) is 2.02. The van der Waals surface area contributed by atoms with Gasteiger partial charge in [-0.3, -0.25) is 0 Å². The van der Waals surface area contributed by atoms with E-state index < -0.39 is 10.0 Å². The maximum Gasteiger partial charge on any atom is 0.240 e. The third-order valence-electron chi connectivity index (χ3n) is 4.57. The molecule has 136 valence electrons. The van der Waals surface area contributed by atoms with Gasteiger partial charge < -0.3 is 9.64 Å². The SMILES string of the molecule is COc1ccccc1N1CCC(CNS(=O)(=O)c2ccc(C#N)cc2)C1. The van der Waals surface area contributed by atoms with E-state index in [1.807, 2.05) is 30.3 Å². The lowest BCUT2D eigenvalue weighted by molar-refractivity contribution is 0.414. The molecule has 26 heavy (non-hydrogen) atoms. The minimum atomic E-state index is -3.57. The van der Waals surface area contributed by atoms with Crippen LogP contribution in [0, 0.1) is 17.2 Å². The summed E-state index contributed by atoms with van der Waals surface area (Å²) in [6, 6.07) is 15.8. The molecule has 1 aliphatic rings. The Balaban J connectivity index is 1.61. The molecule has 2 aromatic rings. The van der Waals surface area contributed by atoms with Gasteiger partial charge in [-0.25, -0.2) is 13.1 Å². The molecule has 1 heterocycles. The van der Waals surface area contributed by atoms with E-state index in [2.05, 4.69) is 9.62 Å². The summed E-state index contributed by atoms with van der Waals surface area (Å²) in [7, 11) is -1.92. The Hall–Kier alpha value is -2.56. The van der Waals surface area contributed by atoms with Crippen molar-refractivity contribution >= 4 is 15.7 Å². The van der Waals surface area contributed by atoms with E-state index in [4.69, 9.17) is 10.00 Å². The van der Waals surface area contributed by atoms with E-state index in [0.29, 0.717) is 12.1 Å². The number of rotatable bonds is 6. The molecule has 7 heteroatoms. The molecule has 1 N–H and O–H groups in total. The molecule has 1 aliphatic heterocycles. The number of ether oxygens (including phenoxy) is 1. The van der Waals surface area contributed by atoms with Gasteiger partial charge in [-0.05, 0) is 48.7 Å². The lowest BCUT2D eigenvalue weighted by atomic mass is 10.1. The van der Waals surface area contributed by atoms with Gasteiger partial charge in [-0.1, -0.05) is 12.1 Å². The maximum absolute atomic E-state index is 12.4. The Morgan fingerprint density at radius 3 is 2.65 bits per heavy atom. The molecule has 3 rings (SSSR count). The minimum Gasteiger partial charge on any atom is -0.495 e. The number of nitrogens with zero attached hydrogens (tertiary/aromatic N) is 2. The van der Waals surface area contributed by atoms with E-state index in [1.54, 1.807) is 7.11 Å². The van der Waals surface area contributed by atoms with Crippen molar-refractivity contribution in [1.82, 2.24) is 4.72 Å². The number of para-hydroxylation sites is 2. The summed E-state index contributed by atoms with van der Waals surface area (Å²) in [5.74, 6) is 1.05. The Morgan fingerprint density at radius 1 is 1.23 bits per heavy atom. The zero-order chi connectivity index (χ0) is 18.6. The van der Waals surface area contributed by atoms with Crippen molar-refractivity contribution in [3.63, 3.8) is 0 Å². The van der Waals surface area contributed by atoms with Gasteiger partial charge >= 0.3 is 0 Å². The van der Waals surface area contributed by atoms with Gasteiger partial charge in [0.25, 0.3) is 0 Å². The molecule has 0 aromatic heterocycles. The fraction of sp³-hybridized carbons (Fsp3) is 0.316. The number of anilines is 1. The van der Waals surface area contributed by atoms with Crippen LogP contribution in [0.3, 0.4) is 0 Å². The maximum atomic E-state index is 12.4. The first-order valence-corrected chi connectivity index (χ1v) is 9.89. The lowest BCUT2D eigenvalue weighted by Gasteiger charge is -2.21. The number of methoxy groups -OCH3 is 1. The number of nitrogens with one attached hydrogen (secondary N) is 1. The predicted molar refractivity (Wildman–Crippen MR) is 99.7 cm³/mol. The van der Waals surface area contributed by atoms with Gasteiger partial charge in [0, 0.05) is 19.6 Å². The standard InChI is InChI=1S/C19H21N3O3S/c1-25-19-5-3-2-4-18(19)22-11-10-16(14-22)13-21-26(23,24)17-8-6-15(12-20)7-9-17/h2-9,16,21H,10-11,13-14H2,1H3. The van der Waals surface area contributed by atoms with E-state index >= 15 is 0 Å². The fourth-order valence-electron chi connectivity index (χ4n) is 3.13. The summed E-state index contributed by atoms with van der Waals surface area (Å²) >= 11 is 0. The van der Waals surface area contributed by atoms with E-state index in [-0.39, 0.29) is 10.8 Å². The van der Waals surface area contributed by atoms with Crippen LogP contribution in [0.25, 0.3) is 0 Å². The van der Waals surface area contributed by atoms with Crippen LogP contribution in [0.5, 0.6) is 5.75 Å². The molecule has 1 saturated heterocycles. The highest BCUT2D eigenvalue weighted by Crippen LogP contribution is 2.31. The van der Waals surface area contributed by atoms with Gasteiger partial charge in [-0.15, -0.1) is 0 Å². The van der Waals surface area contributed by atoms with Crippen LogP contribution in [0.1, 0.15) is 12.0 Å². The Kier molecular flexibility index (Phi) is 5.45. The van der Waals surface area contributed by atoms with Crippen LogP contribution in [-0.2, 0) is 10.0 Å². The fourth-order valence-corrected chi connectivity index (χ4v) is 4.24. The van der Waals surface area contributed by atoms with Crippen molar-refractivity contribution in [3.8, 4) is 11.8 Å². The molecule has 0 saturated carbocycles. The number of hydrogen-bond donors (Lipinski definition) is 1. The minimum absolute atomic E-state index is 0.177. The van der Waals surface area contributed by atoms with Crippen molar-refractivity contribution in [1.29, 1.82) is 5.26 Å². The van der Waals surface area contributed by atoms with Gasteiger partial charge in [0.05, 0.1) is 29.3 Å². The van der Waals surface area contributed by atoms with Crippen LogP contribution in [0.2, 0.25) is 0 Å². The molecule has 0 radical (unpaired) electrons. The molecular formula is C19H21N3O3S. The second-order valence-corrected chi connectivity index (χ2v) is 8.03. The largest absolute Gasteiger partial charge is 0.495 e. The summed E-state index contributed by atoms with van der Waals surface area (Å²) in [5, 5.41) is 8.81. The summed E-state index contributed by atoms with van der Waals surface area (Å²) in [5.41, 5.74) is 1.47. The van der Waals surface area contributed by atoms with E-state index in [9.17, 15) is 8.42 Å². The third-order valence-corrected chi connectivity index (χ3v) is 6.01. The highest BCUT2D eigenvalue weighted by atomic mass is 32.2. The molecule has 0 amide bonds. The van der Waals surface area contributed by atoms with Gasteiger partial charge in [0.1, 0.15) is 5.75 Å². The quantitative estimate of drug-likeness (QED) is 0.843. The molecular weight excluding hydrogens is 350 g/mol. The molecule has 0 aliphatic carbocycles. The number of nitriles is 1. The van der Waals surface area contributed by atoms with Crippen LogP contribution in [0.4, 0.5) is 5.69 Å². The second-order valence-electron chi connectivity index (χ2n) is 6.26. The zero-order valence-corrected chi connectivity index (χ0v) is 15.4. The molecule has 0 bridgehead atoms. The molecule has 0 spiro atoms. The molecule has 1 unspecified atom stereocenters. The zero-order valence-electron chi connectivity index (χ0n) is 14.6. The van der Waals surface area contributed by atoms with Gasteiger partial charge in [0.2, 0.25) is 10.0 Å². The molecule has 1 fully saturated rings. The highest BCUT2D eigenvalue weighted by molar-refractivity contribution is 7.89.